The molecule has 0 aromatic heterocycles. The molecule has 1 rings (SSSR count). The molecule has 23 heavy (non-hydrogen) atoms. The molecule has 0 fully saturated rings. The lowest BCUT2D eigenvalue weighted by Crippen LogP contribution is -2.39. The van der Waals surface area contributed by atoms with Crippen molar-refractivity contribution in [2.45, 2.75) is 13.0 Å². The molecule has 0 saturated carbocycles. The largest absolute Gasteiger partial charge is 0.445 e. The van der Waals surface area contributed by atoms with Gasteiger partial charge in [-0.15, -0.1) is 0 Å². The van der Waals surface area contributed by atoms with Crippen molar-refractivity contribution in [3.05, 3.63) is 35.9 Å². The van der Waals surface area contributed by atoms with E-state index in [9.17, 15) is 19.4 Å². The summed E-state index contributed by atoms with van der Waals surface area (Å²) in [5.41, 5.74) is 0.787. The summed E-state index contributed by atoms with van der Waals surface area (Å²) < 4.78 is 15.5. The van der Waals surface area contributed by atoms with Crippen molar-refractivity contribution in [3.63, 3.8) is 0 Å². The van der Waals surface area contributed by atoms with E-state index in [-0.39, 0.29) is 19.6 Å². The maximum atomic E-state index is 11.5. The zero-order valence-electron chi connectivity index (χ0n) is 12.3. The molecular weight excluding hydrogens is 327 g/mol. The lowest BCUT2D eigenvalue weighted by atomic mass is 10.2. The summed E-state index contributed by atoms with van der Waals surface area (Å²) in [6.07, 6.45) is -1.32. The van der Waals surface area contributed by atoms with Crippen LogP contribution in [0.5, 0.6) is 0 Å². The van der Waals surface area contributed by atoms with Gasteiger partial charge < -0.3 is 19.8 Å². The van der Waals surface area contributed by atoms with Gasteiger partial charge in [0, 0.05) is 6.54 Å². The highest BCUT2D eigenvalue weighted by atomic mass is 31.2. The first-order valence-corrected chi connectivity index (χ1v) is 8.56. The Labute approximate surface area is 133 Å². The number of nitrogens with one attached hydrogen (secondary N) is 1. The summed E-state index contributed by atoms with van der Waals surface area (Å²) in [6.45, 7) is -0.684. The fourth-order valence-electron chi connectivity index (χ4n) is 1.56. The van der Waals surface area contributed by atoms with Gasteiger partial charge in [0.25, 0.3) is 5.91 Å². The molecule has 1 aromatic carbocycles. The molecule has 9 nitrogen and oxygen atoms in total. The van der Waals surface area contributed by atoms with Gasteiger partial charge in [0.2, 0.25) is 0 Å². The average Bonchev–Trinajstić information content (AvgIpc) is 2.50. The first kappa shape index (κ1) is 19.1. The Morgan fingerprint density at radius 2 is 1.87 bits per heavy atom. The molecule has 0 spiro atoms. The van der Waals surface area contributed by atoms with E-state index < -0.39 is 32.3 Å². The van der Waals surface area contributed by atoms with Gasteiger partial charge in [-0.05, 0) is 12.0 Å². The van der Waals surface area contributed by atoms with Crippen LogP contribution in [-0.4, -0.2) is 51.3 Å². The van der Waals surface area contributed by atoms with Gasteiger partial charge in [-0.1, -0.05) is 30.3 Å². The van der Waals surface area contributed by atoms with E-state index in [1.807, 2.05) is 6.07 Å². The molecule has 0 aliphatic heterocycles. The number of rotatable bonds is 8. The van der Waals surface area contributed by atoms with Crippen molar-refractivity contribution in [1.29, 1.82) is 0 Å². The summed E-state index contributed by atoms with van der Waals surface area (Å²) in [6, 6.07) is 8.96. The summed E-state index contributed by atoms with van der Waals surface area (Å²) in [5.74, 6) is -0.813. The van der Waals surface area contributed by atoms with Crippen LogP contribution in [0.2, 0.25) is 0 Å². The fraction of sp³-hybridized carbons (Fsp3) is 0.385. The Morgan fingerprint density at radius 1 is 1.22 bits per heavy atom. The molecule has 0 bridgehead atoms. The quantitative estimate of drug-likeness (QED) is 0.309. The molecule has 1 aromatic rings. The van der Waals surface area contributed by atoms with E-state index in [1.54, 1.807) is 24.3 Å². The smallest absolute Gasteiger partial charge is 0.407 e. The van der Waals surface area contributed by atoms with Crippen LogP contribution >= 0.6 is 7.60 Å². The number of nitrogens with zero attached hydrogens (tertiary/aromatic N) is 1. The van der Waals surface area contributed by atoms with Gasteiger partial charge in [-0.3, -0.25) is 14.6 Å². The monoisotopic (exact) mass is 346 g/mol. The van der Waals surface area contributed by atoms with E-state index in [4.69, 9.17) is 14.5 Å². The van der Waals surface area contributed by atoms with Crippen molar-refractivity contribution in [1.82, 2.24) is 10.4 Å². The van der Waals surface area contributed by atoms with Crippen LogP contribution in [0.15, 0.2) is 30.3 Å². The maximum absolute atomic E-state index is 11.5. The van der Waals surface area contributed by atoms with E-state index in [1.165, 1.54) is 0 Å². The number of hydrogen-bond donors (Lipinski definition) is 4. The van der Waals surface area contributed by atoms with Crippen LogP contribution in [0.25, 0.3) is 0 Å². The third-order valence-electron chi connectivity index (χ3n) is 2.70. The number of amides is 2. The highest BCUT2D eigenvalue weighted by Crippen LogP contribution is 2.34. The molecule has 0 aliphatic rings. The predicted molar refractivity (Wildman–Crippen MR) is 79.7 cm³/mol. The highest BCUT2D eigenvalue weighted by molar-refractivity contribution is 7.51. The van der Waals surface area contributed by atoms with Crippen molar-refractivity contribution < 1.29 is 33.9 Å². The van der Waals surface area contributed by atoms with Crippen LogP contribution in [0.3, 0.4) is 0 Å². The van der Waals surface area contributed by atoms with Crippen molar-refractivity contribution in [3.8, 4) is 0 Å². The molecule has 0 heterocycles. The topological polar surface area (TPSA) is 136 Å². The van der Waals surface area contributed by atoms with Crippen LogP contribution in [-0.2, 0) is 20.7 Å². The number of carbonyl (C=O) groups excluding carboxylic acids is 2. The lowest BCUT2D eigenvalue weighted by Gasteiger charge is -2.15. The molecule has 0 aliphatic carbocycles. The zero-order chi connectivity index (χ0) is 17.3. The van der Waals surface area contributed by atoms with Gasteiger partial charge in [-0.25, -0.2) is 9.86 Å². The second kappa shape index (κ2) is 9.26. The van der Waals surface area contributed by atoms with E-state index in [0.29, 0.717) is 5.06 Å². The number of hydrogen-bond acceptors (Lipinski definition) is 5. The fourth-order valence-corrected chi connectivity index (χ4v) is 2.12. The molecule has 4 N–H and O–H groups in total. The van der Waals surface area contributed by atoms with Gasteiger partial charge in [0.05, 0.1) is 6.16 Å². The van der Waals surface area contributed by atoms with Crippen LogP contribution in [0.1, 0.15) is 12.0 Å². The van der Waals surface area contributed by atoms with Gasteiger partial charge in [0.1, 0.15) is 13.2 Å². The van der Waals surface area contributed by atoms with Crippen LogP contribution in [0, 0.1) is 0 Å². The SMILES string of the molecule is O=C(NCC(=O)N(O)CCCP(=O)(O)O)OCc1ccccc1. The van der Waals surface area contributed by atoms with Crippen molar-refractivity contribution >= 4 is 19.6 Å². The number of hydroxylamine groups is 2. The highest BCUT2D eigenvalue weighted by Gasteiger charge is 2.16. The second-order valence-corrected chi connectivity index (χ2v) is 6.45. The summed E-state index contributed by atoms with van der Waals surface area (Å²) in [5, 5.41) is 11.8. The standard InChI is InChI=1S/C13H19N2O7P/c16-12(15(18)7-4-8-23(19,20)21)9-14-13(17)22-10-11-5-2-1-3-6-11/h1-3,5-6,18H,4,7-10H2,(H,14,17)(H2,19,20,21). The summed E-state index contributed by atoms with van der Waals surface area (Å²) >= 11 is 0. The molecule has 0 radical (unpaired) electrons. The molecule has 0 unspecified atom stereocenters. The van der Waals surface area contributed by atoms with E-state index >= 15 is 0 Å². The van der Waals surface area contributed by atoms with E-state index in [2.05, 4.69) is 5.32 Å². The first-order chi connectivity index (χ1) is 10.8. The maximum Gasteiger partial charge on any atom is 0.407 e. The van der Waals surface area contributed by atoms with Gasteiger partial charge in [0.15, 0.2) is 0 Å². The third kappa shape index (κ3) is 8.94. The van der Waals surface area contributed by atoms with Crippen LogP contribution in [0.4, 0.5) is 4.79 Å². The first-order valence-electron chi connectivity index (χ1n) is 6.76. The van der Waals surface area contributed by atoms with Gasteiger partial charge >= 0.3 is 13.7 Å². The Kier molecular flexibility index (Phi) is 7.70. The van der Waals surface area contributed by atoms with Crippen LogP contribution < -0.4 is 5.32 Å². The molecule has 128 valence electrons. The zero-order valence-corrected chi connectivity index (χ0v) is 13.2. The second-order valence-electron chi connectivity index (χ2n) is 4.67. The molecule has 0 atom stereocenters. The lowest BCUT2D eigenvalue weighted by molar-refractivity contribution is -0.164. The summed E-state index contributed by atoms with van der Waals surface area (Å²) in [4.78, 5) is 40.2. The average molecular weight is 346 g/mol. The molecule has 10 heteroatoms. The Morgan fingerprint density at radius 3 is 2.48 bits per heavy atom. The molecular formula is C13H19N2O7P. The summed E-state index contributed by atoms with van der Waals surface area (Å²) in [7, 11) is -4.16. The van der Waals surface area contributed by atoms with Gasteiger partial charge in [-0.2, -0.15) is 0 Å². The number of ether oxygens (including phenoxy) is 1. The minimum atomic E-state index is -4.16. The Bertz CT molecular complexity index is 561. The Balaban J connectivity index is 2.21. The molecule has 0 saturated heterocycles. The third-order valence-corrected chi connectivity index (χ3v) is 3.60. The van der Waals surface area contributed by atoms with Crippen molar-refractivity contribution in [2.75, 3.05) is 19.3 Å². The predicted octanol–water partition coefficient (Wildman–Crippen LogP) is 0.698. The minimum absolute atomic E-state index is 0.0476. The Hall–Kier alpha value is -1.93. The van der Waals surface area contributed by atoms with Crippen molar-refractivity contribution in [2.24, 2.45) is 0 Å². The number of carbonyl (C=O) groups is 2. The van der Waals surface area contributed by atoms with E-state index in [0.717, 1.165) is 5.56 Å². The number of benzene rings is 1. The molecule has 2 amide bonds. The number of alkyl carbamates (subject to hydrolysis) is 1. The normalized spacial score (nSPS) is 10.9. The minimum Gasteiger partial charge on any atom is -0.445 e.